The lowest BCUT2D eigenvalue weighted by atomic mass is 10.1. The highest BCUT2D eigenvalue weighted by Crippen LogP contribution is 2.13. The van der Waals surface area contributed by atoms with Crippen LogP contribution in [-0.4, -0.2) is 49.1 Å². The summed E-state index contributed by atoms with van der Waals surface area (Å²) in [7, 11) is -3.26. The summed E-state index contributed by atoms with van der Waals surface area (Å²) in [4.78, 5) is 21.9. The van der Waals surface area contributed by atoms with Gasteiger partial charge in [0.05, 0.1) is 4.75 Å². The molecule has 0 radical (unpaired) electrons. The number of carboxylic acid groups (broad SMARTS) is 1. The first kappa shape index (κ1) is 18.7. The lowest BCUT2D eigenvalue weighted by molar-refractivity contribution is -0.137. The van der Waals surface area contributed by atoms with Crippen molar-refractivity contribution in [3.05, 3.63) is 0 Å². The van der Waals surface area contributed by atoms with E-state index in [4.69, 9.17) is 5.11 Å². The molecule has 1 unspecified atom stereocenters. The minimum Gasteiger partial charge on any atom is -0.481 e. The van der Waals surface area contributed by atoms with Gasteiger partial charge in [0.2, 0.25) is 0 Å². The van der Waals surface area contributed by atoms with Gasteiger partial charge in [-0.25, -0.2) is 13.2 Å². The molecule has 0 aromatic rings. The highest BCUT2D eigenvalue weighted by molar-refractivity contribution is 7.92. The molecule has 3 N–H and O–H groups in total. The fourth-order valence-corrected chi connectivity index (χ4v) is 1.67. The van der Waals surface area contributed by atoms with E-state index in [0.717, 1.165) is 6.26 Å². The molecule has 0 aromatic heterocycles. The Morgan fingerprint density at radius 3 is 2.30 bits per heavy atom. The summed E-state index contributed by atoms with van der Waals surface area (Å²) in [5.41, 5.74) is 0. The Kier molecular flexibility index (Phi) is 6.98. The number of nitrogens with one attached hydrogen (secondary N) is 2. The van der Waals surface area contributed by atoms with Crippen molar-refractivity contribution in [1.82, 2.24) is 10.6 Å². The number of urea groups is 1. The Morgan fingerprint density at radius 2 is 1.85 bits per heavy atom. The van der Waals surface area contributed by atoms with Gasteiger partial charge in [0.15, 0.2) is 9.84 Å². The van der Waals surface area contributed by atoms with Gasteiger partial charge < -0.3 is 15.7 Å². The molecular formula is C12H24N2O5S. The maximum atomic E-state index is 11.6. The van der Waals surface area contributed by atoms with Crippen molar-refractivity contribution in [2.75, 3.05) is 12.8 Å². The molecule has 0 fully saturated rings. The first-order valence-corrected chi connectivity index (χ1v) is 8.30. The van der Waals surface area contributed by atoms with Gasteiger partial charge in [-0.2, -0.15) is 0 Å². The summed E-state index contributed by atoms with van der Waals surface area (Å²) >= 11 is 0. The van der Waals surface area contributed by atoms with Crippen LogP contribution in [0.5, 0.6) is 0 Å². The summed E-state index contributed by atoms with van der Waals surface area (Å²) in [6, 6.07) is -0.625. The van der Waals surface area contributed by atoms with E-state index in [1.165, 1.54) is 0 Å². The van der Waals surface area contributed by atoms with E-state index in [9.17, 15) is 18.0 Å². The third kappa shape index (κ3) is 7.32. The van der Waals surface area contributed by atoms with Crippen LogP contribution in [-0.2, 0) is 14.6 Å². The first-order valence-electron chi connectivity index (χ1n) is 6.41. The number of carbonyl (C=O) groups is 2. The average molecular weight is 308 g/mol. The SMILES string of the molecule is CC(CCCC(=O)O)NC(=O)NCC(C)(C)S(C)(=O)=O. The van der Waals surface area contributed by atoms with E-state index < -0.39 is 26.6 Å². The standard InChI is InChI=1S/C12H24N2O5S/c1-9(6-5-7-10(15)16)14-11(17)13-8-12(2,3)20(4,18)19/h9H,5-8H2,1-4H3,(H,15,16)(H2,13,14,17). The number of hydrogen-bond acceptors (Lipinski definition) is 4. The second-order valence-corrected chi connectivity index (χ2v) is 8.20. The fraction of sp³-hybridized carbons (Fsp3) is 0.833. The van der Waals surface area contributed by atoms with E-state index in [0.29, 0.717) is 12.8 Å². The highest BCUT2D eigenvalue weighted by Gasteiger charge is 2.30. The molecule has 118 valence electrons. The zero-order chi connectivity index (χ0) is 16.0. The average Bonchev–Trinajstić information content (AvgIpc) is 2.24. The Labute approximate surface area is 120 Å². The Balaban J connectivity index is 4.09. The van der Waals surface area contributed by atoms with E-state index >= 15 is 0 Å². The molecule has 1 atom stereocenters. The molecule has 0 bridgehead atoms. The van der Waals surface area contributed by atoms with Gasteiger partial charge in [-0.15, -0.1) is 0 Å². The van der Waals surface area contributed by atoms with Crippen LogP contribution < -0.4 is 10.6 Å². The molecule has 0 heterocycles. The summed E-state index contributed by atoms with van der Waals surface area (Å²) in [6.07, 6.45) is 2.22. The lowest BCUT2D eigenvalue weighted by Crippen LogP contribution is -2.48. The Morgan fingerprint density at radius 1 is 1.30 bits per heavy atom. The van der Waals surface area contributed by atoms with Gasteiger partial charge in [0.25, 0.3) is 0 Å². The second kappa shape index (κ2) is 7.47. The predicted molar refractivity (Wildman–Crippen MR) is 76.4 cm³/mol. The number of hydrogen-bond donors (Lipinski definition) is 3. The van der Waals surface area contributed by atoms with Crippen molar-refractivity contribution in [2.24, 2.45) is 0 Å². The maximum Gasteiger partial charge on any atom is 0.315 e. The Hall–Kier alpha value is -1.31. The molecule has 0 aliphatic carbocycles. The smallest absolute Gasteiger partial charge is 0.315 e. The Bertz CT molecular complexity index is 445. The molecule has 0 saturated heterocycles. The van der Waals surface area contributed by atoms with Crippen molar-refractivity contribution < 1.29 is 23.1 Å². The van der Waals surface area contributed by atoms with Crippen LogP contribution >= 0.6 is 0 Å². The van der Waals surface area contributed by atoms with Gasteiger partial charge in [-0.05, 0) is 33.6 Å². The van der Waals surface area contributed by atoms with Crippen LogP contribution in [0.15, 0.2) is 0 Å². The molecule has 0 aliphatic rings. The van der Waals surface area contributed by atoms with Crippen molar-refractivity contribution in [1.29, 1.82) is 0 Å². The van der Waals surface area contributed by atoms with Crippen molar-refractivity contribution in [3.8, 4) is 0 Å². The third-order valence-corrected chi connectivity index (χ3v) is 5.24. The summed E-state index contributed by atoms with van der Waals surface area (Å²) in [5.74, 6) is -0.864. The molecular weight excluding hydrogens is 284 g/mol. The summed E-state index contributed by atoms with van der Waals surface area (Å²) in [6.45, 7) is 4.86. The fourth-order valence-electron chi connectivity index (χ4n) is 1.33. The second-order valence-electron chi connectivity index (χ2n) is 5.55. The molecule has 0 rings (SSSR count). The van der Waals surface area contributed by atoms with Crippen molar-refractivity contribution in [2.45, 2.75) is 50.8 Å². The highest BCUT2D eigenvalue weighted by atomic mass is 32.2. The zero-order valence-corrected chi connectivity index (χ0v) is 13.2. The van der Waals surface area contributed by atoms with E-state index in [1.807, 2.05) is 0 Å². The van der Waals surface area contributed by atoms with Gasteiger partial charge >= 0.3 is 12.0 Å². The molecule has 20 heavy (non-hydrogen) atoms. The number of carbonyl (C=O) groups excluding carboxylic acids is 1. The molecule has 0 aromatic carbocycles. The maximum absolute atomic E-state index is 11.6. The van der Waals surface area contributed by atoms with Gasteiger partial charge in [0, 0.05) is 25.3 Å². The largest absolute Gasteiger partial charge is 0.481 e. The topological polar surface area (TPSA) is 113 Å². The zero-order valence-electron chi connectivity index (χ0n) is 12.4. The quantitative estimate of drug-likeness (QED) is 0.612. The van der Waals surface area contributed by atoms with E-state index in [1.54, 1.807) is 20.8 Å². The number of carboxylic acids is 1. The van der Waals surface area contributed by atoms with Crippen molar-refractivity contribution in [3.63, 3.8) is 0 Å². The molecule has 0 spiro atoms. The first-order chi connectivity index (χ1) is 8.95. The van der Waals surface area contributed by atoms with Gasteiger partial charge in [-0.3, -0.25) is 4.79 Å². The van der Waals surface area contributed by atoms with Crippen molar-refractivity contribution >= 4 is 21.8 Å². The van der Waals surface area contributed by atoms with Gasteiger partial charge in [-0.1, -0.05) is 0 Å². The molecule has 0 aliphatic heterocycles. The van der Waals surface area contributed by atoms with Gasteiger partial charge in [0.1, 0.15) is 0 Å². The minimum absolute atomic E-state index is 0.0134. The van der Waals surface area contributed by atoms with Crippen LogP contribution in [0.25, 0.3) is 0 Å². The van der Waals surface area contributed by atoms with Crippen LogP contribution in [0.2, 0.25) is 0 Å². The normalized spacial score (nSPS) is 13.6. The molecule has 8 heteroatoms. The number of amides is 2. The number of aliphatic carboxylic acids is 1. The number of sulfone groups is 1. The lowest BCUT2D eigenvalue weighted by Gasteiger charge is -2.23. The van der Waals surface area contributed by atoms with Crippen LogP contribution in [0.4, 0.5) is 4.79 Å². The van der Waals surface area contributed by atoms with E-state index in [2.05, 4.69) is 10.6 Å². The van der Waals surface area contributed by atoms with Crippen LogP contribution in [0.3, 0.4) is 0 Å². The monoisotopic (exact) mass is 308 g/mol. The predicted octanol–water partition coefficient (Wildman–Crippen LogP) is 0.752. The molecule has 7 nitrogen and oxygen atoms in total. The van der Waals surface area contributed by atoms with Crippen LogP contribution in [0.1, 0.15) is 40.0 Å². The molecule has 0 saturated carbocycles. The minimum atomic E-state index is -3.26. The van der Waals surface area contributed by atoms with E-state index in [-0.39, 0.29) is 19.0 Å². The molecule has 2 amide bonds. The third-order valence-electron chi connectivity index (χ3n) is 3.08. The number of rotatable bonds is 8. The van der Waals surface area contributed by atoms with Crippen LogP contribution in [0, 0.1) is 0 Å². The summed E-state index contributed by atoms with van der Waals surface area (Å²) in [5, 5.41) is 13.7. The summed E-state index contributed by atoms with van der Waals surface area (Å²) < 4.78 is 21.9.